The predicted molar refractivity (Wildman–Crippen MR) is 99.8 cm³/mol. The average molecular weight is 339 g/mol. The van der Waals surface area contributed by atoms with E-state index >= 15 is 0 Å². The standard InChI is InChI=1S/C19H19ClN4/c20-19-22-17-9-5-4-8-16(17)18(23-19)21-14-10-12-24(13-11-14)15-6-2-1-3-7-15/h1-9,14H,10-13H2,(H,21,22,23). The Labute approximate surface area is 146 Å². The molecule has 0 saturated carbocycles. The average Bonchev–Trinajstić information content (AvgIpc) is 2.63. The summed E-state index contributed by atoms with van der Waals surface area (Å²) in [6, 6.07) is 19.0. The Hall–Kier alpha value is -2.33. The maximum Gasteiger partial charge on any atom is 0.224 e. The Morgan fingerprint density at radius 3 is 2.42 bits per heavy atom. The van der Waals surface area contributed by atoms with Crippen molar-refractivity contribution in [1.29, 1.82) is 0 Å². The lowest BCUT2D eigenvalue weighted by molar-refractivity contribution is 0.526. The highest BCUT2D eigenvalue weighted by molar-refractivity contribution is 6.28. The summed E-state index contributed by atoms with van der Waals surface area (Å²) in [5.74, 6) is 0.837. The summed E-state index contributed by atoms with van der Waals surface area (Å²) in [5, 5.41) is 4.88. The molecule has 1 aliphatic rings. The third-order valence-electron chi connectivity index (χ3n) is 4.53. The van der Waals surface area contributed by atoms with Crippen molar-refractivity contribution in [2.24, 2.45) is 0 Å². The highest BCUT2D eigenvalue weighted by atomic mass is 35.5. The van der Waals surface area contributed by atoms with Crippen molar-refractivity contribution in [3.05, 3.63) is 59.9 Å². The lowest BCUT2D eigenvalue weighted by atomic mass is 10.0. The smallest absolute Gasteiger partial charge is 0.224 e. The molecule has 0 bridgehead atoms. The second-order valence-corrected chi connectivity index (χ2v) is 6.44. The zero-order valence-corrected chi connectivity index (χ0v) is 14.1. The zero-order valence-electron chi connectivity index (χ0n) is 13.3. The van der Waals surface area contributed by atoms with E-state index in [1.165, 1.54) is 5.69 Å². The number of halogens is 1. The molecule has 1 aromatic heterocycles. The van der Waals surface area contributed by atoms with E-state index in [0.29, 0.717) is 6.04 Å². The summed E-state index contributed by atoms with van der Waals surface area (Å²) in [4.78, 5) is 11.1. The Morgan fingerprint density at radius 1 is 0.917 bits per heavy atom. The summed E-state index contributed by atoms with van der Waals surface area (Å²) in [5.41, 5.74) is 2.17. The first-order valence-corrected chi connectivity index (χ1v) is 8.66. The molecule has 1 saturated heterocycles. The SMILES string of the molecule is Clc1nc(NC2CCN(c3ccccc3)CC2)c2ccccc2n1. The number of fused-ring (bicyclic) bond motifs is 1. The van der Waals surface area contributed by atoms with Gasteiger partial charge in [-0.05, 0) is 48.7 Å². The molecule has 2 heterocycles. The fraction of sp³-hybridized carbons (Fsp3) is 0.263. The minimum atomic E-state index is 0.290. The summed E-state index contributed by atoms with van der Waals surface area (Å²) in [6.07, 6.45) is 2.15. The Morgan fingerprint density at radius 2 is 1.62 bits per heavy atom. The first-order chi connectivity index (χ1) is 11.8. The van der Waals surface area contributed by atoms with E-state index in [-0.39, 0.29) is 5.28 Å². The molecule has 3 aromatic rings. The van der Waals surface area contributed by atoms with Crippen molar-refractivity contribution < 1.29 is 0 Å². The molecule has 2 aromatic carbocycles. The molecule has 0 radical (unpaired) electrons. The van der Waals surface area contributed by atoms with E-state index in [1.54, 1.807) is 0 Å². The van der Waals surface area contributed by atoms with E-state index in [2.05, 4.69) is 50.5 Å². The number of piperidine rings is 1. The van der Waals surface area contributed by atoms with Crippen LogP contribution in [0, 0.1) is 0 Å². The zero-order chi connectivity index (χ0) is 16.4. The summed E-state index contributed by atoms with van der Waals surface area (Å²) >= 11 is 6.07. The third-order valence-corrected chi connectivity index (χ3v) is 4.70. The van der Waals surface area contributed by atoms with Crippen LogP contribution in [0.2, 0.25) is 5.28 Å². The van der Waals surface area contributed by atoms with Crippen LogP contribution >= 0.6 is 11.6 Å². The van der Waals surface area contributed by atoms with Gasteiger partial charge in [-0.2, -0.15) is 0 Å². The largest absolute Gasteiger partial charge is 0.371 e. The predicted octanol–water partition coefficient (Wildman–Crippen LogP) is 4.36. The van der Waals surface area contributed by atoms with Gasteiger partial charge in [-0.3, -0.25) is 0 Å². The van der Waals surface area contributed by atoms with Crippen LogP contribution in [-0.4, -0.2) is 29.1 Å². The highest BCUT2D eigenvalue weighted by Gasteiger charge is 2.20. The number of nitrogens with zero attached hydrogens (tertiary/aromatic N) is 3. The number of para-hydroxylation sites is 2. The number of rotatable bonds is 3. The maximum absolute atomic E-state index is 6.07. The van der Waals surface area contributed by atoms with Crippen molar-refractivity contribution in [2.75, 3.05) is 23.3 Å². The van der Waals surface area contributed by atoms with Crippen molar-refractivity contribution >= 4 is 34.0 Å². The molecule has 0 aliphatic carbocycles. The van der Waals surface area contributed by atoms with Gasteiger partial charge in [0, 0.05) is 30.2 Å². The molecule has 0 atom stereocenters. The number of hydrogen-bond donors (Lipinski definition) is 1. The van der Waals surface area contributed by atoms with Gasteiger partial charge in [0.15, 0.2) is 0 Å². The number of hydrogen-bond acceptors (Lipinski definition) is 4. The van der Waals surface area contributed by atoms with Gasteiger partial charge >= 0.3 is 0 Å². The normalized spacial score (nSPS) is 15.6. The van der Waals surface area contributed by atoms with Crippen molar-refractivity contribution in [1.82, 2.24) is 9.97 Å². The molecule has 1 N–H and O–H groups in total. The monoisotopic (exact) mass is 338 g/mol. The van der Waals surface area contributed by atoms with Crippen LogP contribution in [0.1, 0.15) is 12.8 Å². The van der Waals surface area contributed by atoms with E-state index < -0.39 is 0 Å². The van der Waals surface area contributed by atoms with Gasteiger partial charge in [-0.15, -0.1) is 0 Å². The number of benzene rings is 2. The fourth-order valence-corrected chi connectivity index (χ4v) is 3.45. The van der Waals surface area contributed by atoms with Crippen LogP contribution in [0.5, 0.6) is 0 Å². The summed E-state index contributed by atoms with van der Waals surface area (Å²) in [6.45, 7) is 2.08. The summed E-state index contributed by atoms with van der Waals surface area (Å²) < 4.78 is 0. The summed E-state index contributed by atoms with van der Waals surface area (Å²) in [7, 11) is 0. The van der Waals surface area contributed by atoms with Crippen molar-refractivity contribution in [2.45, 2.75) is 18.9 Å². The lowest BCUT2D eigenvalue weighted by Crippen LogP contribution is -2.39. The number of nitrogens with one attached hydrogen (secondary N) is 1. The van der Waals surface area contributed by atoms with Gasteiger partial charge < -0.3 is 10.2 Å². The molecule has 0 spiro atoms. The topological polar surface area (TPSA) is 41.1 Å². The second-order valence-electron chi connectivity index (χ2n) is 6.10. The molecular weight excluding hydrogens is 320 g/mol. The molecule has 5 heteroatoms. The van der Waals surface area contributed by atoms with Gasteiger partial charge in [0.1, 0.15) is 5.82 Å². The van der Waals surface area contributed by atoms with E-state index in [4.69, 9.17) is 11.6 Å². The molecule has 122 valence electrons. The van der Waals surface area contributed by atoms with Gasteiger partial charge in [0.05, 0.1) is 5.52 Å². The highest BCUT2D eigenvalue weighted by Crippen LogP contribution is 2.25. The first-order valence-electron chi connectivity index (χ1n) is 8.28. The van der Waals surface area contributed by atoms with Crippen LogP contribution in [0.15, 0.2) is 54.6 Å². The fourth-order valence-electron chi connectivity index (χ4n) is 3.27. The lowest BCUT2D eigenvalue weighted by Gasteiger charge is -2.34. The van der Waals surface area contributed by atoms with Gasteiger partial charge in [0.2, 0.25) is 5.28 Å². The molecule has 4 nitrogen and oxygen atoms in total. The Balaban J connectivity index is 1.48. The van der Waals surface area contributed by atoms with Crippen LogP contribution in [-0.2, 0) is 0 Å². The molecule has 1 aliphatic heterocycles. The molecule has 0 amide bonds. The third kappa shape index (κ3) is 3.15. The van der Waals surface area contributed by atoms with Crippen LogP contribution in [0.3, 0.4) is 0 Å². The van der Waals surface area contributed by atoms with Crippen molar-refractivity contribution in [3.8, 4) is 0 Å². The first kappa shape index (κ1) is 15.2. The quantitative estimate of drug-likeness (QED) is 0.720. The van der Waals surface area contributed by atoms with Gasteiger partial charge in [-0.1, -0.05) is 30.3 Å². The Bertz CT molecular complexity index is 829. The number of aromatic nitrogens is 2. The molecule has 0 unspecified atom stereocenters. The number of anilines is 2. The molecular formula is C19H19ClN4. The van der Waals surface area contributed by atoms with Crippen LogP contribution in [0.4, 0.5) is 11.5 Å². The minimum Gasteiger partial charge on any atom is -0.371 e. The Kier molecular flexibility index (Phi) is 4.22. The maximum atomic E-state index is 6.07. The molecule has 4 rings (SSSR count). The van der Waals surface area contributed by atoms with E-state index in [0.717, 1.165) is 42.7 Å². The van der Waals surface area contributed by atoms with Gasteiger partial charge in [-0.25, -0.2) is 9.97 Å². The molecule has 24 heavy (non-hydrogen) atoms. The van der Waals surface area contributed by atoms with E-state index in [9.17, 15) is 0 Å². The van der Waals surface area contributed by atoms with Crippen molar-refractivity contribution in [3.63, 3.8) is 0 Å². The van der Waals surface area contributed by atoms with Gasteiger partial charge in [0.25, 0.3) is 0 Å². The van der Waals surface area contributed by atoms with Crippen LogP contribution < -0.4 is 10.2 Å². The van der Waals surface area contributed by atoms with Crippen LogP contribution in [0.25, 0.3) is 10.9 Å². The minimum absolute atomic E-state index is 0.290. The van der Waals surface area contributed by atoms with E-state index in [1.807, 2.05) is 24.3 Å². The molecule has 1 fully saturated rings. The second kappa shape index (κ2) is 6.65.